The summed E-state index contributed by atoms with van der Waals surface area (Å²) in [4.78, 5) is 22.3. The standard InChI is InChI=1S/C27H45F5N5O4PS2/c1-24(20-37-22-36-25-26(33)34-21-35-27(25)37)40-23-42(38,39)41-16-18-43-17-14-12-10-8-6-4-2-3-5-7-9-11-13-15-19-44(28,29,30,31)32/h21-22,24H,2-14,16-18,20,23H2,1H3,(H,38,39)(H2,33,34,35)/t24-/m1/s1. The van der Waals surface area contributed by atoms with Crippen LogP contribution >= 0.6 is 29.6 Å². The Kier molecular flexibility index (Phi) is 15.2. The van der Waals surface area contributed by atoms with Crippen LogP contribution < -0.4 is 5.73 Å². The van der Waals surface area contributed by atoms with Gasteiger partial charge < -0.3 is 24.5 Å². The van der Waals surface area contributed by atoms with Gasteiger partial charge >= 0.3 is 17.8 Å². The fraction of sp³-hybridized carbons (Fsp3) is 0.741. The van der Waals surface area contributed by atoms with Crippen LogP contribution in [0.1, 0.15) is 90.4 Å². The zero-order chi connectivity index (χ0) is 32.6. The molecule has 2 aromatic rings. The molecule has 0 fully saturated rings. The van der Waals surface area contributed by atoms with Crippen molar-refractivity contribution in [3.8, 4) is 11.2 Å². The molecule has 0 bridgehead atoms. The number of fused-ring (bicyclic) bond motifs is 1. The summed E-state index contributed by atoms with van der Waals surface area (Å²) in [6, 6.07) is 0. The van der Waals surface area contributed by atoms with Gasteiger partial charge in [0.05, 0.1) is 30.8 Å². The maximum absolute atomic E-state index is 12.3. The number of nitrogens with zero attached hydrogens (tertiary/aromatic N) is 4. The molecule has 0 radical (unpaired) electrons. The second-order valence-electron chi connectivity index (χ2n) is 10.8. The molecule has 0 saturated carbocycles. The normalized spacial score (nSPS) is 15.7. The van der Waals surface area contributed by atoms with E-state index in [0.717, 1.165) is 57.1 Å². The van der Waals surface area contributed by atoms with Crippen LogP contribution in [0, 0.1) is 11.2 Å². The zero-order valence-corrected chi connectivity index (χ0v) is 27.7. The minimum atomic E-state index is -9.58. The Labute approximate surface area is 260 Å². The molecule has 3 N–H and O–H groups in total. The molecule has 17 heteroatoms. The van der Waals surface area contributed by atoms with Gasteiger partial charge in [-0.05, 0) is 25.5 Å². The van der Waals surface area contributed by atoms with Gasteiger partial charge in [-0.2, -0.15) is 11.8 Å². The Morgan fingerprint density at radius 1 is 0.955 bits per heavy atom. The molecule has 2 heterocycles. The van der Waals surface area contributed by atoms with E-state index in [4.69, 9.17) is 15.0 Å². The highest BCUT2D eigenvalue weighted by molar-refractivity contribution is 8.49. The third-order valence-electron chi connectivity index (χ3n) is 6.53. The quantitative estimate of drug-likeness (QED) is 0.0508. The van der Waals surface area contributed by atoms with Crippen molar-refractivity contribution >= 4 is 46.6 Å². The number of anilines is 1. The maximum Gasteiger partial charge on any atom is 0.353 e. The lowest BCUT2D eigenvalue weighted by molar-refractivity contribution is 0.0724. The van der Waals surface area contributed by atoms with E-state index in [2.05, 4.69) is 15.0 Å². The van der Waals surface area contributed by atoms with E-state index in [1.54, 1.807) is 35.5 Å². The highest BCUT2D eigenvalue weighted by Gasteiger charge is 2.62. The summed E-state index contributed by atoms with van der Waals surface area (Å²) in [7, 11) is -13.4. The topological polar surface area (TPSA) is 125 Å². The second-order valence-corrected chi connectivity index (χ2v) is 15.9. The van der Waals surface area contributed by atoms with E-state index >= 15 is 0 Å². The van der Waals surface area contributed by atoms with Gasteiger partial charge in [-0.3, -0.25) is 4.57 Å². The maximum atomic E-state index is 12.3. The van der Waals surface area contributed by atoms with Gasteiger partial charge in [0.15, 0.2) is 11.5 Å². The van der Waals surface area contributed by atoms with Gasteiger partial charge in [0, 0.05) is 12.2 Å². The SMILES string of the molecule is C[C@H](Cn1cnc2c(N)ncnc21)OCP(=O)(O)OCCSCCCCCCCCCCCCCCC#CS(F)(F)(F)(F)F. The molecule has 0 aromatic carbocycles. The summed E-state index contributed by atoms with van der Waals surface area (Å²) >= 11 is 1.69. The number of nitrogens with two attached hydrogens (primary N) is 1. The molecule has 44 heavy (non-hydrogen) atoms. The predicted molar refractivity (Wildman–Crippen MR) is 169 cm³/mol. The lowest BCUT2D eigenvalue weighted by atomic mass is 10.0. The Balaban J connectivity index is 1.36. The number of ether oxygens (including phenoxy) is 1. The Morgan fingerprint density at radius 3 is 2.16 bits per heavy atom. The van der Waals surface area contributed by atoms with Crippen molar-refractivity contribution in [1.29, 1.82) is 0 Å². The van der Waals surface area contributed by atoms with Crippen molar-refractivity contribution < 1.29 is 38.1 Å². The smallest absolute Gasteiger partial charge is 0.353 e. The third-order valence-corrected chi connectivity index (χ3v) is 9.16. The zero-order valence-electron chi connectivity index (χ0n) is 25.2. The number of imidazole rings is 1. The van der Waals surface area contributed by atoms with Gasteiger partial charge in [-0.15, -0.1) is 0 Å². The Morgan fingerprint density at radius 2 is 1.55 bits per heavy atom. The molecule has 1 unspecified atom stereocenters. The third kappa shape index (κ3) is 18.4. The molecule has 2 atom stereocenters. The van der Waals surface area contributed by atoms with Gasteiger partial charge in [-0.1, -0.05) is 89.6 Å². The average molecular weight is 694 g/mol. The molecular formula is C27H45F5N5O4PS2. The van der Waals surface area contributed by atoms with Crippen molar-refractivity contribution in [3.05, 3.63) is 12.7 Å². The van der Waals surface area contributed by atoms with Crippen LogP contribution in [0.15, 0.2) is 12.7 Å². The summed E-state index contributed by atoms with van der Waals surface area (Å²) in [5.41, 5.74) is 6.85. The van der Waals surface area contributed by atoms with Crippen LogP contribution in [0.2, 0.25) is 0 Å². The molecule has 254 valence electrons. The first-order valence-electron chi connectivity index (χ1n) is 14.9. The van der Waals surface area contributed by atoms with Gasteiger partial charge in [0.1, 0.15) is 18.2 Å². The number of hydrogen-bond donors (Lipinski definition) is 2. The fourth-order valence-corrected chi connectivity index (χ4v) is 6.54. The Bertz CT molecular complexity index is 1260. The van der Waals surface area contributed by atoms with Gasteiger partial charge in [-0.25, -0.2) is 15.0 Å². The van der Waals surface area contributed by atoms with Crippen molar-refractivity contribution in [2.75, 3.05) is 30.2 Å². The van der Waals surface area contributed by atoms with Crippen LogP contribution in [0.5, 0.6) is 0 Å². The largest absolute Gasteiger partial charge is 0.382 e. The summed E-state index contributed by atoms with van der Waals surface area (Å²) < 4.78 is 85.1. The van der Waals surface area contributed by atoms with E-state index in [-0.39, 0.29) is 30.2 Å². The fourth-order valence-electron chi connectivity index (χ4n) is 4.33. The molecule has 0 aliphatic heterocycles. The van der Waals surface area contributed by atoms with E-state index in [0.29, 0.717) is 36.3 Å². The van der Waals surface area contributed by atoms with E-state index in [9.17, 15) is 28.9 Å². The number of unbranched alkanes of at least 4 members (excludes halogenated alkanes) is 12. The van der Waals surface area contributed by atoms with Crippen LogP contribution in [0.25, 0.3) is 11.2 Å². The molecule has 2 aromatic heterocycles. The molecule has 0 aliphatic carbocycles. The number of halogens is 5. The molecule has 2 rings (SSSR count). The number of aromatic nitrogens is 4. The van der Waals surface area contributed by atoms with Crippen LogP contribution in [0.3, 0.4) is 0 Å². The van der Waals surface area contributed by atoms with Crippen molar-refractivity contribution in [3.63, 3.8) is 0 Å². The average Bonchev–Trinajstić information content (AvgIpc) is 3.33. The number of hydrogen-bond acceptors (Lipinski definition) is 8. The first-order valence-corrected chi connectivity index (χ1v) is 19.7. The monoisotopic (exact) mass is 693 g/mol. The van der Waals surface area contributed by atoms with Crippen LogP contribution in [-0.2, 0) is 20.4 Å². The van der Waals surface area contributed by atoms with Crippen molar-refractivity contribution in [2.24, 2.45) is 0 Å². The summed E-state index contributed by atoms with van der Waals surface area (Å²) in [5.74, 6) is 3.44. The molecule has 0 amide bonds. The van der Waals surface area contributed by atoms with Crippen LogP contribution in [-0.4, -0.2) is 55.0 Å². The van der Waals surface area contributed by atoms with Gasteiger partial charge in [0.2, 0.25) is 0 Å². The van der Waals surface area contributed by atoms with E-state index in [1.165, 1.54) is 19.2 Å². The molecule has 0 spiro atoms. The Hall–Kier alpha value is -1.63. The molecular weight excluding hydrogens is 648 g/mol. The lowest BCUT2D eigenvalue weighted by Gasteiger charge is -2.33. The minimum Gasteiger partial charge on any atom is -0.382 e. The second kappa shape index (κ2) is 17.3. The van der Waals surface area contributed by atoms with E-state index < -0.39 is 24.2 Å². The molecule has 0 saturated heterocycles. The predicted octanol–water partition coefficient (Wildman–Crippen LogP) is 9.04. The molecule has 0 aliphatic rings. The first kappa shape index (κ1) is 38.6. The number of nitrogen functional groups attached to an aromatic ring is 1. The highest BCUT2D eigenvalue weighted by Crippen LogP contribution is 2.97. The number of rotatable bonds is 23. The van der Waals surface area contributed by atoms with Gasteiger partial charge in [0.25, 0.3) is 0 Å². The van der Waals surface area contributed by atoms with Crippen molar-refractivity contribution in [2.45, 2.75) is 103 Å². The number of thioether (sulfide) groups is 1. The summed E-state index contributed by atoms with van der Waals surface area (Å²) in [5, 5.41) is 0.250. The van der Waals surface area contributed by atoms with Crippen LogP contribution in [0.4, 0.5) is 25.2 Å². The minimum absolute atomic E-state index is 0.154. The molecule has 9 nitrogen and oxygen atoms in total. The lowest BCUT2D eigenvalue weighted by Crippen LogP contribution is -2.17. The first-order chi connectivity index (χ1) is 20.5. The van der Waals surface area contributed by atoms with Crippen molar-refractivity contribution in [1.82, 2.24) is 19.5 Å². The summed E-state index contributed by atoms with van der Waals surface area (Å²) in [6.45, 7) is 2.32. The highest BCUT2D eigenvalue weighted by atomic mass is 32.5. The van der Waals surface area contributed by atoms with E-state index in [1.807, 2.05) is 0 Å². The summed E-state index contributed by atoms with van der Waals surface area (Å²) in [6.07, 6.45) is 14.0.